The summed E-state index contributed by atoms with van der Waals surface area (Å²) in [6, 6.07) is 12.3. The molecule has 1 aromatic heterocycles. The monoisotopic (exact) mass is 325 g/mol. The first-order valence-electron chi connectivity index (χ1n) is 7.88. The lowest BCUT2D eigenvalue weighted by molar-refractivity contribution is 0.00578. The van der Waals surface area contributed by atoms with Gasteiger partial charge < -0.3 is 14.0 Å². The van der Waals surface area contributed by atoms with E-state index in [-0.39, 0.29) is 5.88 Å². The zero-order valence-electron chi connectivity index (χ0n) is 14.3. The number of carbonyl (C=O) groups excluding carboxylic acids is 1. The Balaban J connectivity index is 1.88. The third kappa shape index (κ3) is 3.07. The minimum absolute atomic E-state index is 0.256. The maximum absolute atomic E-state index is 12.5. The molecule has 0 unspecified atom stereocenters. The highest BCUT2D eigenvalue weighted by molar-refractivity contribution is 6.63. The average molecular weight is 325 g/mol. The molecule has 2 aromatic rings. The third-order valence-corrected chi connectivity index (χ3v) is 4.52. The summed E-state index contributed by atoms with van der Waals surface area (Å²) in [6.07, 6.45) is 1.57. The van der Waals surface area contributed by atoms with Crippen LogP contribution in [0.3, 0.4) is 0 Å². The van der Waals surface area contributed by atoms with E-state index < -0.39 is 24.3 Å². The van der Waals surface area contributed by atoms with Crippen LogP contribution in [0.5, 0.6) is 5.88 Å². The summed E-state index contributed by atoms with van der Waals surface area (Å²) in [4.78, 5) is 16.6. The summed E-state index contributed by atoms with van der Waals surface area (Å²) < 4.78 is 17.4. The molecule has 1 aliphatic heterocycles. The number of esters is 1. The van der Waals surface area contributed by atoms with Gasteiger partial charge in [-0.1, -0.05) is 24.3 Å². The van der Waals surface area contributed by atoms with Crippen molar-refractivity contribution in [2.24, 2.45) is 0 Å². The zero-order chi connectivity index (χ0) is 17.4. The largest absolute Gasteiger partial charge is 0.495 e. The molecule has 1 aromatic carbocycles. The topological polar surface area (TPSA) is 57.7 Å². The molecule has 1 fully saturated rings. The van der Waals surface area contributed by atoms with Crippen LogP contribution in [0.15, 0.2) is 48.7 Å². The number of pyridine rings is 1. The first-order valence-corrected chi connectivity index (χ1v) is 7.88. The van der Waals surface area contributed by atoms with E-state index in [1.807, 2.05) is 39.8 Å². The van der Waals surface area contributed by atoms with Gasteiger partial charge in [-0.05, 0) is 45.3 Å². The molecule has 3 rings (SSSR count). The van der Waals surface area contributed by atoms with E-state index >= 15 is 0 Å². The average Bonchev–Trinajstić information content (AvgIpc) is 2.76. The van der Waals surface area contributed by atoms with Gasteiger partial charge in [0.1, 0.15) is 0 Å². The van der Waals surface area contributed by atoms with E-state index in [4.69, 9.17) is 14.0 Å². The molecule has 6 heteroatoms. The number of benzene rings is 1. The third-order valence-electron chi connectivity index (χ3n) is 4.52. The lowest BCUT2D eigenvalue weighted by atomic mass is 9.76. The Morgan fingerprint density at radius 3 is 2.25 bits per heavy atom. The second-order valence-corrected chi connectivity index (χ2v) is 6.73. The van der Waals surface area contributed by atoms with Crippen molar-refractivity contribution in [2.75, 3.05) is 0 Å². The fourth-order valence-corrected chi connectivity index (χ4v) is 2.42. The first kappa shape index (κ1) is 16.7. The Bertz CT molecular complexity index is 730. The van der Waals surface area contributed by atoms with Gasteiger partial charge in [0.15, 0.2) is 0 Å². The number of hydrogen-bond donors (Lipinski definition) is 0. The highest BCUT2D eigenvalue weighted by Gasteiger charge is 2.52. The lowest BCUT2D eigenvalue weighted by Crippen LogP contribution is -2.41. The molecule has 0 bridgehead atoms. The van der Waals surface area contributed by atoms with Crippen molar-refractivity contribution in [3.8, 4) is 5.88 Å². The van der Waals surface area contributed by atoms with Crippen molar-refractivity contribution in [1.29, 1.82) is 0 Å². The smallest absolute Gasteiger partial charge is 0.404 e. The number of rotatable bonds is 3. The van der Waals surface area contributed by atoms with Gasteiger partial charge in [0.05, 0.1) is 16.8 Å². The summed E-state index contributed by atoms with van der Waals surface area (Å²) >= 11 is 0. The summed E-state index contributed by atoms with van der Waals surface area (Å²) in [7, 11) is -0.623. The van der Waals surface area contributed by atoms with E-state index in [0.29, 0.717) is 11.0 Å². The van der Waals surface area contributed by atoms with Crippen molar-refractivity contribution < 1.29 is 18.8 Å². The molecule has 0 N–H and O–H groups in total. The van der Waals surface area contributed by atoms with Gasteiger partial charge in [0.2, 0.25) is 5.88 Å². The summed E-state index contributed by atoms with van der Waals surface area (Å²) in [5.74, 6) is -0.231. The molecule has 0 saturated carbocycles. The molecule has 0 atom stereocenters. The molecule has 124 valence electrons. The Kier molecular flexibility index (Phi) is 4.19. The minimum Gasteiger partial charge on any atom is -0.404 e. The number of nitrogens with zero attached hydrogens (tertiary/aromatic N) is 1. The summed E-state index contributed by atoms with van der Waals surface area (Å²) in [5, 5.41) is 0. The van der Waals surface area contributed by atoms with Crippen LogP contribution >= 0.6 is 0 Å². The van der Waals surface area contributed by atoms with Crippen LogP contribution in [0.4, 0.5) is 0 Å². The molecule has 5 nitrogen and oxygen atoms in total. The molecule has 24 heavy (non-hydrogen) atoms. The van der Waals surface area contributed by atoms with E-state index in [9.17, 15) is 4.79 Å². The number of aromatic nitrogens is 1. The van der Waals surface area contributed by atoms with Gasteiger partial charge >= 0.3 is 13.1 Å². The Morgan fingerprint density at radius 2 is 1.62 bits per heavy atom. The van der Waals surface area contributed by atoms with Gasteiger partial charge in [-0.25, -0.2) is 9.78 Å². The number of carbonyl (C=O) groups is 1. The van der Waals surface area contributed by atoms with Gasteiger partial charge in [0.25, 0.3) is 0 Å². The van der Waals surface area contributed by atoms with Gasteiger partial charge in [0, 0.05) is 12.3 Å². The second kappa shape index (κ2) is 6.04. The second-order valence-electron chi connectivity index (χ2n) is 6.73. The van der Waals surface area contributed by atoms with Crippen LogP contribution in [-0.2, 0) is 9.31 Å². The maximum atomic E-state index is 12.5. The molecule has 0 spiro atoms. The van der Waals surface area contributed by atoms with Gasteiger partial charge in [-0.2, -0.15) is 0 Å². The molecule has 2 heterocycles. The van der Waals surface area contributed by atoms with Crippen LogP contribution < -0.4 is 10.2 Å². The van der Waals surface area contributed by atoms with Crippen LogP contribution in [-0.4, -0.2) is 29.3 Å². The van der Waals surface area contributed by atoms with E-state index in [2.05, 4.69) is 4.98 Å². The Labute approximate surface area is 142 Å². The predicted octanol–water partition coefficient (Wildman–Crippen LogP) is 2.60. The van der Waals surface area contributed by atoms with Crippen LogP contribution in [0.25, 0.3) is 0 Å². The van der Waals surface area contributed by atoms with Crippen molar-refractivity contribution in [2.45, 2.75) is 38.9 Å². The standard InChI is InChI=1S/C18H20BNO4/c1-17(2)18(3,4)24-19(23-17)14-10-6-5-9-13(14)16(21)22-15-11-7-8-12-20-15/h5-12H,1-4H3. The van der Waals surface area contributed by atoms with Crippen molar-refractivity contribution in [3.05, 3.63) is 54.2 Å². The normalized spacial score (nSPS) is 18.4. The molecule has 1 saturated heterocycles. The molecule has 1 aliphatic rings. The number of ether oxygens (including phenoxy) is 1. The summed E-state index contributed by atoms with van der Waals surface area (Å²) in [6.45, 7) is 7.90. The molecule has 0 radical (unpaired) electrons. The van der Waals surface area contributed by atoms with Crippen LogP contribution in [0.2, 0.25) is 0 Å². The van der Waals surface area contributed by atoms with Crippen molar-refractivity contribution >= 4 is 18.6 Å². The fourth-order valence-electron chi connectivity index (χ4n) is 2.42. The van der Waals surface area contributed by atoms with Gasteiger partial charge in [-0.15, -0.1) is 0 Å². The predicted molar refractivity (Wildman–Crippen MR) is 91.4 cm³/mol. The SMILES string of the molecule is CC1(C)OB(c2ccccc2C(=O)Oc2ccccn2)OC1(C)C. The van der Waals surface area contributed by atoms with Crippen molar-refractivity contribution in [3.63, 3.8) is 0 Å². The van der Waals surface area contributed by atoms with E-state index in [0.717, 1.165) is 0 Å². The quantitative estimate of drug-likeness (QED) is 0.641. The first-order chi connectivity index (χ1) is 11.3. The summed E-state index contributed by atoms with van der Waals surface area (Å²) in [5.41, 5.74) is 0.101. The van der Waals surface area contributed by atoms with Crippen LogP contribution in [0.1, 0.15) is 38.1 Å². The highest BCUT2D eigenvalue weighted by Crippen LogP contribution is 2.36. The van der Waals surface area contributed by atoms with E-state index in [1.165, 1.54) is 0 Å². The van der Waals surface area contributed by atoms with Gasteiger partial charge in [-0.3, -0.25) is 0 Å². The molecular weight excluding hydrogens is 305 g/mol. The maximum Gasteiger partial charge on any atom is 0.495 e. The van der Waals surface area contributed by atoms with Crippen molar-refractivity contribution in [1.82, 2.24) is 4.98 Å². The van der Waals surface area contributed by atoms with Crippen LogP contribution in [0, 0.1) is 0 Å². The Morgan fingerprint density at radius 1 is 1.00 bits per heavy atom. The molecule has 0 aliphatic carbocycles. The number of hydrogen-bond acceptors (Lipinski definition) is 5. The minimum atomic E-state index is -0.623. The van der Waals surface area contributed by atoms with E-state index in [1.54, 1.807) is 36.5 Å². The molecule has 0 amide bonds. The molecular formula is C18H20BNO4. The Hall–Kier alpha value is -2.18. The fraction of sp³-hybridized carbons (Fsp3) is 0.333. The lowest BCUT2D eigenvalue weighted by Gasteiger charge is -2.32. The highest BCUT2D eigenvalue weighted by atomic mass is 16.7. The zero-order valence-corrected chi connectivity index (χ0v) is 14.3.